The van der Waals surface area contributed by atoms with Crippen LogP contribution in [0.25, 0.3) is 22.1 Å². The molecule has 0 saturated heterocycles. The Hall–Kier alpha value is -3.71. The number of methoxy groups -OCH3 is 1. The van der Waals surface area contributed by atoms with Crippen LogP contribution in [0.1, 0.15) is 27.3 Å². The molecule has 0 atom stereocenters. The third-order valence-electron chi connectivity index (χ3n) is 5.92. The van der Waals surface area contributed by atoms with E-state index in [1.807, 2.05) is 49.8 Å². The second-order valence-electron chi connectivity index (χ2n) is 8.06. The lowest BCUT2D eigenvalue weighted by atomic mass is 10.0. The first-order valence-corrected chi connectivity index (χ1v) is 10.8. The molecule has 2 aromatic carbocycles. The van der Waals surface area contributed by atoms with Crippen molar-refractivity contribution in [2.45, 2.75) is 20.4 Å². The van der Waals surface area contributed by atoms with E-state index >= 15 is 0 Å². The average molecular weight is 446 g/mol. The van der Waals surface area contributed by atoms with Gasteiger partial charge in [0.1, 0.15) is 5.58 Å². The summed E-state index contributed by atoms with van der Waals surface area (Å²) in [4.78, 5) is 27.9. The Bertz CT molecular complexity index is 1370. The van der Waals surface area contributed by atoms with Gasteiger partial charge in [0.25, 0.3) is 5.91 Å². The first-order chi connectivity index (χ1) is 15.9. The summed E-state index contributed by atoms with van der Waals surface area (Å²) in [5.41, 5.74) is 4.59. The van der Waals surface area contributed by atoms with Gasteiger partial charge in [0.15, 0.2) is 0 Å². The van der Waals surface area contributed by atoms with Gasteiger partial charge in [0, 0.05) is 49.5 Å². The van der Waals surface area contributed by atoms with Crippen molar-refractivity contribution in [2.75, 3.05) is 20.3 Å². The average Bonchev–Trinajstić information content (AvgIpc) is 3.06. The maximum atomic E-state index is 13.5. The Balaban J connectivity index is 1.69. The summed E-state index contributed by atoms with van der Waals surface area (Å²) in [6, 6.07) is 16.3. The number of nitrogens with zero attached hydrogens (tertiary/aromatic N) is 3. The SMILES string of the molecule is COCCN(Cc1c(C)nn(C)c1C)C(=O)c1cccc(-c2cc3ccccc3oc2=O)c1. The number of benzene rings is 2. The number of amides is 1. The number of ether oxygens (including phenoxy) is 1. The molecule has 7 heteroatoms. The van der Waals surface area contributed by atoms with Crippen LogP contribution in [0, 0.1) is 13.8 Å². The van der Waals surface area contributed by atoms with E-state index < -0.39 is 5.63 Å². The molecule has 4 rings (SSSR count). The molecule has 0 spiro atoms. The maximum Gasteiger partial charge on any atom is 0.344 e. The third kappa shape index (κ3) is 4.59. The Morgan fingerprint density at radius 1 is 1.12 bits per heavy atom. The van der Waals surface area contributed by atoms with Gasteiger partial charge in [-0.3, -0.25) is 9.48 Å². The lowest BCUT2D eigenvalue weighted by Crippen LogP contribution is -2.33. The van der Waals surface area contributed by atoms with E-state index in [1.165, 1.54) is 0 Å². The number of hydrogen-bond acceptors (Lipinski definition) is 5. The number of aryl methyl sites for hydroxylation is 2. The lowest BCUT2D eigenvalue weighted by Gasteiger charge is -2.23. The van der Waals surface area contributed by atoms with Gasteiger partial charge in [-0.2, -0.15) is 5.10 Å². The highest BCUT2D eigenvalue weighted by molar-refractivity contribution is 5.95. The fraction of sp³-hybridized carbons (Fsp3) is 0.269. The van der Waals surface area contributed by atoms with E-state index in [-0.39, 0.29) is 5.91 Å². The number of rotatable bonds is 7. The molecule has 0 aliphatic heterocycles. The van der Waals surface area contributed by atoms with Crippen molar-refractivity contribution in [3.05, 3.63) is 87.5 Å². The first-order valence-electron chi connectivity index (χ1n) is 10.8. The summed E-state index contributed by atoms with van der Waals surface area (Å²) in [5, 5.41) is 5.29. The summed E-state index contributed by atoms with van der Waals surface area (Å²) < 4.78 is 12.5. The zero-order chi connectivity index (χ0) is 23.5. The molecule has 0 saturated carbocycles. The van der Waals surface area contributed by atoms with Gasteiger partial charge in [-0.25, -0.2) is 4.79 Å². The topological polar surface area (TPSA) is 77.6 Å². The molecule has 33 heavy (non-hydrogen) atoms. The molecule has 0 radical (unpaired) electrons. The van der Waals surface area contributed by atoms with Crippen LogP contribution >= 0.6 is 0 Å². The number of carbonyl (C=O) groups excluding carboxylic acids is 1. The van der Waals surface area contributed by atoms with Crippen LogP contribution in [0.4, 0.5) is 0 Å². The molecule has 7 nitrogen and oxygen atoms in total. The van der Waals surface area contributed by atoms with E-state index in [9.17, 15) is 9.59 Å². The molecule has 0 fully saturated rings. The van der Waals surface area contributed by atoms with Crippen LogP contribution < -0.4 is 5.63 Å². The predicted molar refractivity (Wildman–Crippen MR) is 127 cm³/mol. The monoisotopic (exact) mass is 445 g/mol. The zero-order valence-electron chi connectivity index (χ0n) is 19.3. The highest BCUT2D eigenvalue weighted by Gasteiger charge is 2.21. The summed E-state index contributed by atoms with van der Waals surface area (Å²) in [5.74, 6) is -0.137. The van der Waals surface area contributed by atoms with Crippen molar-refractivity contribution >= 4 is 16.9 Å². The summed E-state index contributed by atoms with van der Waals surface area (Å²) in [6.07, 6.45) is 0. The molecule has 0 aliphatic rings. The molecule has 4 aromatic rings. The third-order valence-corrected chi connectivity index (χ3v) is 5.92. The second kappa shape index (κ2) is 9.42. The molecule has 0 bridgehead atoms. The van der Waals surface area contributed by atoms with Crippen LogP contribution in [0.3, 0.4) is 0 Å². The summed E-state index contributed by atoms with van der Waals surface area (Å²) in [6.45, 7) is 5.22. The van der Waals surface area contributed by atoms with Crippen molar-refractivity contribution in [2.24, 2.45) is 7.05 Å². The molecule has 170 valence electrons. The maximum absolute atomic E-state index is 13.5. The van der Waals surface area contributed by atoms with Gasteiger partial charge < -0.3 is 14.1 Å². The Labute approximate surface area is 192 Å². The van der Waals surface area contributed by atoms with E-state index in [4.69, 9.17) is 9.15 Å². The van der Waals surface area contributed by atoms with Crippen LogP contribution in [-0.4, -0.2) is 40.8 Å². The van der Waals surface area contributed by atoms with Crippen molar-refractivity contribution in [3.63, 3.8) is 0 Å². The van der Waals surface area contributed by atoms with Crippen molar-refractivity contribution < 1.29 is 13.9 Å². The van der Waals surface area contributed by atoms with Gasteiger partial charge in [0.2, 0.25) is 0 Å². The minimum Gasteiger partial charge on any atom is -0.422 e. The molecule has 0 unspecified atom stereocenters. The van der Waals surface area contributed by atoms with Crippen LogP contribution in [-0.2, 0) is 18.3 Å². The molecule has 2 aromatic heterocycles. The largest absolute Gasteiger partial charge is 0.422 e. The Morgan fingerprint density at radius 2 is 1.91 bits per heavy atom. The number of aromatic nitrogens is 2. The number of hydrogen-bond donors (Lipinski definition) is 0. The first kappa shape index (κ1) is 22.5. The molecule has 2 heterocycles. The normalized spacial score (nSPS) is 11.2. The molecule has 1 amide bonds. The van der Waals surface area contributed by atoms with E-state index in [2.05, 4.69) is 5.10 Å². The van der Waals surface area contributed by atoms with Gasteiger partial charge in [-0.05, 0) is 43.7 Å². The van der Waals surface area contributed by atoms with Crippen molar-refractivity contribution in [1.82, 2.24) is 14.7 Å². The highest BCUT2D eigenvalue weighted by Crippen LogP contribution is 2.23. The zero-order valence-corrected chi connectivity index (χ0v) is 19.3. The molecular weight excluding hydrogens is 418 g/mol. The Kier molecular flexibility index (Phi) is 6.42. The highest BCUT2D eigenvalue weighted by atomic mass is 16.5. The smallest absolute Gasteiger partial charge is 0.344 e. The van der Waals surface area contributed by atoms with E-state index in [1.54, 1.807) is 42.3 Å². The Morgan fingerprint density at radius 3 is 2.64 bits per heavy atom. The molecular formula is C26H27N3O4. The number of carbonyl (C=O) groups is 1. The second-order valence-corrected chi connectivity index (χ2v) is 8.06. The van der Waals surface area contributed by atoms with Crippen LogP contribution in [0.15, 0.2) is 63.8 Å². The molecule has 0 aliphatic carbocycles. The number of fused-ring (bicyclic) bond motifs is 1. The molecule has 0 N–H and O–H groups in total. The van der Waals surface area contributed by atoms with Crippen molar-refractivity contribution in [1.29, 1.82) is 0 Å². The van der Waals surface area contributed by atoms with E-state index in [0.717, 1.165) is 22.3 Å². The quantitative estimate of drug-likeness (QED) is 0.400. The van der Waals surface area contributed by atoms with Gasteiger partial charge in [0.05, 0.1) is 17.9 Å². The van der Waals surface area contributed by atoms with E-state index in [0.29, 0.717) is 42.0 Å². The minimum absolute atomic E-state index is 0.137. The van der Waals surface area contributed by atoms with Gasteiger partial charge >= 0.3 is 5.63 Å². The van der Waals surface area contributed by atoms with Crippen molar-refractivity contribution in [3.8, 4) is 11.1 Å². The van der Waals surface area contributed by atoms with Gasteiger partial charge in [-0.15, -0.1) is 0 Å². The fourth-order valence-electron chi connectivity index (χ4n) is 3.96. The predicted octanol–water partition coefficient (Wildman–Crippen LogP) is 4.10. The lowest BCUT2D eigenvalue weighted by molar-refractivity contribution is 0.0680. The fourth-order valence-corrected chi connectivity index (χ4v) is 3.96. The summed E-state index contributed by atoms with van der Waals surface area (Å²) >= 11 is 0. The standard InChI is InChI=1S/C26H27N3O4/c1-17-23(18(2)28(3)27-17)16-29(12-13-32-4)25(30)21-10-7-9-19(14-21)22-15-20-8-5-6-11-24(20)33-26(22)31/h5-11,14-15H,12-13,16H2,1-4H3. The minimum atomic E-state index is -0.434. The van der Waals surface area contributed by atoms with Crippen LogP contribution in [0.5, 0.6) is 0 Å². The number of para-hydroxylation sites is 1. The van der Waals surface area contributed by atoms with Gasteiger partial charge in [-0.1, -0.05) is 30.3 Å². The summed E-state index contributed by atoms with van der Waals surface area (Å²) in [7, 11) is 3.51. The van der Waals surface area contributed by atoms with Crippen LogP contribution in [0.2, 0.25) is 0 Å².